The van der Waals surface area contributed by atoms with Crippen LogP contribution in [0.5, 0.6) is 0 Å². The Hall–Kier alpha value is -3.49. The van der Waals surface area contributed by atoms with Crippen molar-refractivity contribution in [2.45, 2.75) is 58.2 Å². The van der Waals surface area contributed by atoms with Crippen molar-refractivity contribution in [2.24, 2.45) is 10.9 Å². The normalized spacial score (nSPS) is 16.1. The Morgan fingerprint density at radius 3 is 2.46 bits per heavy atom. The number of rotatable bonds is 8. The first-order valence-corrected chi connectivity index (χ1v) is 11.3. The van der Waals surface area contributed by atoms with Gasteiger partial charge in [-0.1, -0.05) is 12.1 Å². The highest BCUT2D eigenvalue weighted by Crippen LogP contribution is 2.40. The molecule has 0 spiro atoms. The van der Waals surface area contributed by atoms with Crippen molar-refractivity contribution >= 4 is 29.4 Å². The van der Waals surface area contributed by atoms with Crippen molar-refractivity contribution < 1.29 is 22.8 Å². The Kier molecular flexibility index (Phi) is 7.47. The Morgan fingerprint density at radius 2 is 1.89 bits per heavy atom. The minimum atomic E-state index is -4.44. The van der Waals surface area contributed by atoms with E-state index in [0.717, 1.165) is 32.3 Å². The average molecular weight is 487 g/mol. The number of carbonyl (C=O) groups excluding carboxylic acids is 2. The van der Waals surface area contributed by atoms with E-state index in [2.05, 4.69) is 27.3 Å². The second-order valence-electron chi connectivity index (χ2n) is 9.16. The van der Waals surface area contributed by atoms with E-state index in [9.17, 15) is 22.8 Å². The third-order valence-electron chi connectivity index (χ3n) is 6.15. The summed E-state index contributed by atoms with van der Waals surface area (Å²) in [4.78, 5) is 32.9. The minimum Gasteiger partial charge on any atom is -0.346 e. The van der Waals surface area contributed by atoms with Gasteiger partial charge in [0.05, 0.1) is 17.3 Å². The molecule has 3 rings (SSSR count). The average Bonchev–Trinajstić information content (AvgIpc) is 3.65. The first-order valence-electron chi connectivity index (χ1n) is 11.3. The zero-order chi connectivity index (χ0) is 26.0. The largest absolute Gasteiger partial charge is 0.399 e. The number of aromatic nitrogens is 1. The predicted octanol–water partition coefficient (Wildman–Crippen LogP) is 5.21. The van der Waals surface area contributed by atoms with Gasteiger partial charge in [0, 0.05) is 16.9 Å². The van der Waals surface area contributed by atoms with E-state index < -0.39 is 17.6 Å². The molecule has 0 bridgehead atoms. The number of aliphatic imine (C=N–C) groups is 1. The van der Waals surface area contributed by atoms with Crippen molar-refractivity contribution in [1.29, 1.82) is 0 Å². The molecule has 1 unspecified atom stereocenters. The number of hydrogen-bond donors (Lipinski definition) is 2. The highest BCUT2D eigenvalue weighted by Gasteiger charge is 2.49. The van der Waals surface area contributed by atoms with Gasteiger partial charge in [-0.15, -0.1) is 0 Å². The van der Waals surface area contributed by atoms with Gasteiger partial charge < -0.3 is 10.6 Å². The van der Waals surface area contributed by atoms with Crippen LogP contribution in [0, 0.1) is 5.92 Å². The van der Waals surface area contributed by atoms with Gasteiger partial charge in [-0.25, -0.2) is 4.99 Å². The molecule has 2 aromatic rings. The molecule has 6 nitrogen and oxygen atoms in total. The maximum Gasteiger partial charge on any atom is 0.399 e. The fourth-order valence-corrected chi connectivity index (χ4v) is 3.43. The quantitative estimate of drug-likeness (QED) is 0.397. The van der Waals surface area contributed by atoms with Crippen LogP contribution in [0.2, 0.25) is 0 Å². The lowest BCUT2D eigenvalue weighted by Crippen LogP contribution is -2.37. The Bertz CT molecular complexity index is 1210. The molecule has 2 amide bonds. The molecular formula is C26H29F3N4O2. The molecule has 0 radical (unpaired) electrons. The summed E-state index contributed by atoms with van der Waals surface area (Å²) in [6, 6.07) is 7.12. The molecule has 1 aromatic heterocycles. The Labute approximate surface area is 202 Å². The molecule has 1 aromatic carbocycles. The molecule has 0 aliphatic heterocycles. The van der Waals surface area contributed by atoms with Gasteiger partial charge in [-0.3, -0.25) is 14.6 Å². The molecule has 186 valence electrons. The smallest absolute Gasteiger partial charge is 0.346 e. The van der Waals surface area contributed by atoms with Crippen LogP contribution in [-0.4, -0.2) is 35.7 Å². The summed E-state index contributed by atoms with van der Waals surface area (Å²) in [6.07, 6.45) is 0.744. The van der Waals surface area contributed by atoms with E-state index >= 15 is 0 Å². The van der Waals surface area contributed by atoms with Crippen LogP contribution in [0.15, 0.2) is 58.9 Å². The van der Waals surface area contributed by atoms with Crippen LogP contribution in [0.1, 0.15) is 56.6 Å². The second kappa shape index (κ2) is 10.0. The van der Waals surface area contributed by atoms with E-state index in [1.54, 1.807) is 32.1 Å². The highest BCUT2D eigenvalue weighted by molar-refractivity contribution is 5.98. The van der Waals surface area contributed by atoms with E-state index in [1.807, 2.05) is 0 Å². The van der Waals surface area contributed by atoms with Gasteiger partial charge in [0.25, 0.3) is 5.91 Å². The molecule has 1 fully saturated rings. The Balaban J connectivity index is 1.75. The van der Waals surface area contributed by atoms with Crippen LogP contribution in [-0.2, 0) is 10.2 Å². The number of carbonyl (C=O) groups is 2. The first kappa shape index (κ1) is 26.1. The van der Waals surface area contributed by atoms with Crippen LogP contribution >= 0.6 is 0 Å². The summed E-state index contributed by atoms with van der Waals surface area (Å²) < 4.78 is 40.1. The summed E-state index contributed by atoms with van der Waals surface area (Å²) in [5.41, 5.74) is -0.751. The molecule has 1 aliphatic rings. The Morgan fingerprint density at radius 1 is 1.20 bits per heavy atom. The maximum absolute atomic E-state index is 13.4. The molecule has 9 heteroatoms. The summed E-state index contributed by atoms with van der Waals surface area (Å²) in [5, 5.41) is 6.18. The predicted molar refractivity (Wildman–Crippen MR) is 130 cm³/mol. The number of amides is 2. The van der Waals surface area contributed by atoms with Gasteiger partial charge >= 0.3 is 6.18 Å². The molecule has 0 saturated heterocycles. The molecule has 1 heterocycles. The van der Waals surface area contributed by atoms with E-state index in [1.165, 1.54) is 24.3 Å². The van der Waals surface area contributed by atoms with Crippen molar-refractivity contribution in [2.75, 3.05) is 0 Å². The van der Waals surface area contributed by atoms with Gasteiger partial charge in [0.2, 0.25) is 5.91 Å². The third-order valence-corrected chi connectivity index (χ3v) is 6.15. The zero-order valence-electron chi connectivity index (χ0n) is 20.2. The number of alkyl halides is 3. The second-order valence-corrected chi connectivity index (χ2v) is 9.16. The van der Waals surface area contributed by atoms with E-state index in [-0.39, 0.29) is 23.4 Å². The summed E-state index contributed by atoms with van der Waals surface area (Å²) >= 11 is 0. The van der Waals surface area contributed by atoms with E-state index in [4.69, 9.17) is 0 Å². The highest BCUT2D eigenvalue weighted by atomic mass is 19.4. The lowest BCUT2D eigenvalue weighted by molar-refractivity contribution is -0.181. The number of pyridine rings is 1. The van der Waals surface area contributed by atoms with Crippen LogP contribution in [0.4, 0.5) is 13.2 Å². The first-order chi connectivity index (χ1) is 16.4. The number of nitrogens with zero attached hydrogens (tertiary/aromatic N) is 2. The monoisotopic (exact) mass is 486 g/mol. The lowest BCUT2D eigenvalue weighted by atomic mass is 9.87. The van der Waals surface area contributed by atoms with Gasteiger partial charge in [0.1, 0.15) is 11.2 Å². The minimum absolute atomic E-state index is 0.0179. The molecule has 1 atom stereocenters. The van der Waals surface area contributed by atoms with Crippen LogP contribution in [0.3, 0.4) is 0 Å². The summed E-state index contributed by atoms with van der Waals surface area (Å²) in [6.45, 7) is 9.27. The topological polar surface area (TPSA) is 83.4 Å². The number of halogens is 3. The van der Waals surface area contributed by atoms with Crippen LogP contribution < -0.4 is 10.6 Å². The SMILES string of the molecule is C=N/C(=C\C(=C/C)C(C)NC(=O)c1ccc2nc(C(C)(C)C(F)(F)F)ccc2c1)NC(=O)C1CC1. The van der Waals surface area contributed by atoms with Crippen molar-refractivity contribution in [3.63, 3.8) is 0 Å². The van der Waals surface area contributed by atoms with Gasteiger partial charge in [-0.05, 0) is 83.2 Å². The molecular weight excluding hydrogens is 457 g/mol. The van der Waals surface area contributed by atoms with Crippen molar-refractivity contribution in [1.82, 2.24) is 15.6 Å². The summed E-state index contributed by atoms with van der Waals surface area (Å²) in [5.74, 6) is -0.126. The van der Waals surface area contributed by atoms with Gasteiger partial charge in [0.15, 0.2) is 0 Å². The third kappa shape index (κ3) is 5.96. The molecule has 1 saturated carbocycles. The fraction of sp³-hybridized carbons (Fsp3) is 0.385. The zero-order valence-corrected chi connectivity index (χ0v) is 20.2. The number of hydrogen-bond acceptors (Lipinski definition) is 4. The lowest BCUT2D eigenvalue weighted by Gasteiger charge is -2.27. The molecule has 1 aliphatic carbocycles. The summed E-state index contributed by atoms with van der Waals surface area (Å²) in [7, 11) is 0. The fourth-order valence-electron chi connectivity index (χ4n) is 3.43. The van der Waals surface area contributed by atoms with Gasteiger partial charge in [-0.2, -0.15) is 13.2 Å². The number of benzene rings is 1. The molecule has 2 N–H and O–H groups in total. The number of nitrogens with one attached hydrogen (secondary N) is 2. The van der Waals surface area contributed by atoms with Crippen molar-refractivity contribution in [3.8, 4) is 0 Å². The number of fused-ring (bicyclic) bond motifs is 1. The van der Waals surface area contributed by atoms with Crippen LogP contribution in [0.25, 0.3) is 10.9 Å². The molecule has 35 heavy (non-hydrogen) atoms. The van der Waals surface area contributed by atoms with Crippen molar-refractivity contribution in [3.05, 3.63) is 65.1 Å². The number of allylic oxidation sites excluding steroid dienone is 1. The standard InChI is InChI=1S/C26H29F3N4O2/c1-6-16(14-22(30-5)33-23(34)17-7-8-17)15(2)31-24(35)19-9-11-20-18(13-19)10-12-21(32-20)25(3,4)26(27,28)29/h6,9-15,17H,5,7-8H2,1-4H3,(H,31,35)(H,33,34)/b16-6+,22-14+. The van der Waals surface area contributed by atoms with E-state index in [0.29, 0.717) is 22.3 Å². The maximum atomic E-state index is 13.4.